The molecule has 3 aromatic rings. The molecule has 0 N–H and O–H groups in total. The molecule has 2 aromatic carbocycles. The van der Waals surface area contributed by atoms with Crippen LogP contribution in [-0.4, -0.2) is 73.5 Å². The maximum absolute atomic E-state index is 12.1. The lowest BCUT2D eigenvalue weighted by Gasteiger charge is -2.41. The molecular formula is C27H32Cl2N4O5S. The van der Waals surface area contributed by atoms with Crippen molar-refractivity contribution in [3.05, 3.63) is 82.4 Å². The van der Waals surface area contributed by atoms with Gasteiger partial charge in [0.15, 0.2) is 0 Å². The molecule has 0 amide bonds. The number of rotatable bonds is 9. The second-order valence-electron chi connectivity index (χ2n) is 9.62. The normalized spacial score (nSPS) is 22.7. The Labute approximate surface area is 239 Å². The molecule has 1 aromatic heterocycles. The highest BCUT2D eigenvalue weighted by atomic mass is 35.5. The molecule has 5 rings (SSSR count). The Kier molecular flexibility index (Phi) is 8.82. The highest BCUT2D eigenvalue weighted by molar-refractivity contribution is 7.89. The van der Waals surface area contributed by atoms with Crippen LogP contribution in [0.1, 0.15) is 18.1 Å². The quantitative estimate of drug-likeness (QED) is 0.368. The van der Waals surface area contributed by atoms with Crippen molar-refractivity contribution in [1.82, 2.24) is 13.9 Å². The van der Waals surface area contributed by atoms with E-state index in [0.29, 0.717) is 68.2 Å². The van der Waals surface area contributed by atoms with Crippen LogP contribution in [-0.2, 0) is 43.2 Å². The third-order valence-corrected chi connectivity index (χ3v) is 9.51. The van der Waals surface area contributed by atoms with Gasteiger partial charge in [-0.15, -0.1) is 0 Å². The van der Waals surface area contributed by atoms with Crippen molar-refractivity contribution in [1.29, 1.82) is 0 Å². The first-order valence-electron chi connectivity index (χ1n) is 12.9. The van der Waals surface area contributed by atoms with E-state index in [-0.39, 0.29) is 11.9 Å². The Morgan fingerprint density at radius 3 is 2.38 bits per heavy atom. The molecule has 0 saturated carbocycles. The van der Waals surface area contributed by atoms with E-state index in [1.807, 2.05) is 29.0 Å². The molecule has 2 aliphatic heterocycles. The Morgan fingerprint density at radius 1 is 1.05 bits per heavy atom. The number of anilines is 1. The molecule has 0 bridgehead atoms. The van der Waals surface area contributed by atoms with Gasteiger partial charge in [-0.2, -0.15) is 4.31 Å². The van der Waals surface area contributed by atoms with E-state index < -0.39 is 15.8 Å². The summed E-state index contributed by atoms with van der Waals surface area (Å²) in [5.74, 6) is -0.955. The van der Waals surface area contributed by atoms with E-state index >= 15 is 0 Å². The predicted octanol–water partition coefficient (Wildman–Crippen LogP) is 4.15. The van der Waals surface area contributed by atoms with Crippen molar-refractivity contribution in [2.45, 2.75) is 32.0 Å². The lowest BCUT2D eigenvalue weighted by Crippen LogP contribution is -2.49. The fourth-order valence-corrected chi connectivity index (χ4v) is 6.45. The highest BCUT2D eigenvalue weighted by Gasteiger charge is 2.42. The zero-order valence-electron chi connectivity index (χ0n) is 21.7. The van der Waals surface area contributed by atoms with Gasteiger partial charge in [0.2, 0.25) is 15.8 Å². The predicted molar refractivity (Wildman–Crippen MR) is 151 cm³/mol. The van der Waals surface area contributed by atoms with E-state index in [0.717, 1.165) is 11.3 Å². The van der Waals surface area contributed by atoms with Crippen molar-refractivity contribution >= 4 is 38.9 Å². The van der Waals surface area contributed by atoms with Crippen LogP contribution in [0.25, 0.3) is 0 Å². The first-order valence-corrected chi connectivity index (χ1v) is 15.3. The number of piperazine rings is 1. The minimum absolute atomic E-state index is 0.138. The van der Waals surface area contributed by atoms with Crippen LogP contribution in [0, 0.1) is 0 Å². The van der Waals surface area contributed by atoms with Crippen LogP contribution >= 0.6 is 23.2 Å². The molecule has 2 aliphatic rings. The lowest BCUT2D eigenvalue weighted by atomic mass is 10.0. The molecule has 0 radical (unpaired) electrons. The summed E-state index contributed by atoms with van der Waals surface area (Å²) in [6, 6.07) is 13.4. The Balaban J connectivity index is 1.16. The zero-order chi connectivity index (χ0) is 27.5. The van der Waals surface area contributed by atoms with Gasteiger partial charge < -0.3 is 23.7 Å². The van der Waals surface area contributed by atoms with Gasteiger partial charge in [0, 0.05) is 54.8 Å². The van der Waals surface area contributed by atoms with Crippen LogP contribution in [0.5, 0.6) is 0 Å². The molecule has 12 heteroatoms. The fourth-order valence-electron chi connectivity index (χ4n) is 4.82. The summed E-state index contributed by atoms with van der Waals surface area (Å²) in [6.45, 7) is 5.49. The number of imidazole rings is 1. The van der Waals surface area contributed by atoms with E-state index in [1.54, 1.807) is 35.9 Å². The average Bonchev–Trinajstić information content (AvgIpc) is 3.46. The van der Waals surface area contributed by atoms with Gasteiger partial charge in [0.1, 0.15) is 6.10 Å². The number of nitrogens with zero attached hydrogens (tertiary/aromatic N) is 4. The van der Waals surface area contributed by atoms with Gasteiger partial charge in [0.25, 0.3) is 0 Å². The largest absolute Gasteiger partial charge is 0.369 e. The van der Waals surface area contributed by atoms with Gasteiger partial charge in [-0.3, -0.25) is 0 Å². The maximum Gasteiger partial charge on any atom is 0.215 e. The van der Waals surface area contributed by atoms with Gasteiger partial charge in [-0.05, 0) is 36.8 Å². The van der Waals surface area contributed by atoms with Crippen molar-refractivity contribution in [3.63, 3.8) is 0 Å². The Bertz CT molecular complexity index is 1340. The number of aromatic nitrogens is 2. The minimum atomic E-state index is -3.14. The summed E-state index contributed by atoms with van der Waals surface area (Å²) >= 11 is 12.7. The molecular weight excluding hydrogens is 563 g/mol. The van der Waals surface area contributed by atoms with E-state index in [4.69, 9.17) is 37.4 Å². The van der Waals surface area contributed by atoms with Gasteiger partial charge in [-0.1, -0.05) is 41.4 Å². The van der Waals surface area contributed by atoms with Crippen molar-refractivity contribution in [3.8, 4) is 0 Å². The molecule has 2 saturated heterocycles. The third kappa shape index (κ3) is 6.59. The second-order valence-corrected chi connectivity index (χ2v) is 12.7. The number of halogens is 2. The molecule has 0 unspecified atom stereocenters. The second kappa shape index (κ2) is 12.1. The fraction of sp³-hybridized carbons (Fsp3) is 0.444. The molecule has 3 heterocycles. The number of ether oxygens (including phenoxy) is 3. The van der Waals surface area contributed by atoms with E-state index in [9.17, 15) is 8.42 Å². The molecule has 39 heavy (non-hydrogen) atoms. The standard InChI is InChI=1S/C27H32Cl2N4O5S/c1-2-39(34,35)33-13-11-32(12-14-33)23-6-3-21(4-7-23)16-36-24-17-37-27(38-18-24,19-31-10-9-30-20-31)25-8-5-22(28)15-26(25)29/h3-10,15,20,24H,2,11-14,16-19H2,1H3/t24-,27-. The topological polar surface area (TPSA) is 86.1 Å². The minimum Gasteiger partial charge on any atom is -0.369 e. The number of hydrogen-bond donors (Lipinski definition) is 0. The van der Waals surface area contributed by atoms with Crippen molar-refractivity contribution in [2.75, 3.05) is 50.0 Å². The van der Waals surface area contributed by atoms with Gasteiger partial charge in [-0.25, -0.2) is 13.4 Å². The van der Waals surface area contributed by atoms with Crippen LogP contribution in [0.15, 0.2) is 61.2 Å². The number of benzene rings is 2. The van der Waals surface area contributed by atoms with Crippen LogP contribution in [0.4, 0.5) is 5.69 Å². The highest BCUT2D eigenvalue weighted by Crippen LogP contribution is 2.38. The summed E-state index contributed by atoms with van der Waals surface area (Å²) < 4.78 is 46.4. The monoisotopic (exact) mass is 594 g/mol. The summed E-state index contributed by atoms with van der Waals surface area (Å²) in [5, 5.41) is 1.01. The average molecular weight is 596 g/mol. The number of sulfonamides is 1. The van der Waals surface area contributed by atoms with E-state index in [2.05, 4.69) is 22.0 Å². The molecule has 0 atom stereocenters. The molecule has 210 valence electrons. The summed E-state index contributed by atoms with van der Waals surface area (Å²) in [7, 11) is -3.14. The zero-order valence-corrected chi connectivity index (χ0v) is 24.0. The first-order chi connectivity index (χ1) is 18.8. The van der Waals surface area contributed by atoms with E-state index in [1.165, 1.54) is 0 Å². The third-order valence-electron chi connectivity index (χ3n) is 7.08. The van der Waals surface area contributed by atoms with Crippen LogP contribution in [0.2, 0.25) is 10.0 Å². The van der Waals surface area contributed by atoms with Crippen LogP contribution < -0.4 is 4.90 Å². The summed E-state index contributed by atoms with van der Waals surface area (Å²) in [4.78, 5) is 6.33. The molecule has 9 nitrogen and oxygen atoms in total. The van der Waals surface area contributed by atoms with Gasteiger partial charge in [0.05, 0.1) is 43.5 Å². The Hall–Kier alpha value is -2.18. The van der Waals surface area contributed by atoms with Crippen molar-refractivity contribution < 1.29 is 22.6 Å². The lowest BCUT2D eigenvalue weighted by molar-refractivity contribution is -0.313. The molecule has 2 fully saturated rings. The van der Waals surface area contributed by atoms with Crippen LogP contribution in [0.3, 0.4) is 0 Å². The molecule has 0 aliphatic carbocycles. The first kappa shape index (κ1) is 28.4. The van der Waals surface area contributed by atoms with Gasteiger partial charge >= 0.3 is 0 Å². The number of hydrogen-bond acceptors (Lipinski definition) is 7. The summed E-state index contributed by atoms with van der Waals surface area (Å²) in [6.07, 6.45) is 5.00. The smallest absolute Gasteiger partial charge is 0.215 e. The summed E-state index contributed by atoms with van der Waals surface area (Å²) in [5.41, 5.74) is 2.80. The van der Waals surface area contributed by atoms with Crippen molar-refractivity contribution in [2.24, 2.45) is 0 Å². The maximum atomic E-state index is 12.1. The Morgan fingerprint density at radius 2 is 1.77 bits per heavy atom. The SMILES string of the molecule is CCS(=O)(=O)N1CCN(c2ccc(CO[C@H]3CO[C@](Cn4ccnc4)(c4ccc(Cl)cc4Cl)OC3)cc2)CC1. The molecule has 0 spiro atoms.